The zero-order valence-electron chi connectivity index (χ0n) is 16.2. The van der Waals surface area contributed by atoms with Gasteiger partial charge in [-0.25, -0.2) is 21.2 Å². The van der Waals surface area contributed by atoms with Crippen molar-refractivity contribution in [3.05, 3.63) is 52.8 Å². The topological polar surface area (TPSA) is 80.3 Å². The first-order chi connectivity index (χ1) is 12.1. The maximum Gasteiger partial charge on any atom is 0.262 e. The molecule has 0 aromatic heterocycles. The Labute approximate surface area is 160 Å². The lowest BCUT2D eigenvalue weighted by molar-refractivity contribution is 0.584. The van der Waals surface area contributed by atoms with Gasteiger partial charge < -0.3 is 0 Å². The van der Waals surface area contributed by atoms with Crippen LogP contribution in [0.5, 0.6) is 0 Å². The number of sulfone groups is 1. The minimum absolute atomic E-state index is 0.0552. The molecule has 5 nitrogen and oxygen atoms in total. The minimum atomic E-state index is -4.11. The molecule has 0 aliphatic rings. The van der Waals surface area contributed by atoms with Crippen LogP contribution in [-0.2, 0) is 25.3 Å². The van der Waals surface area contributed by atoms with E-state index in [0.29, 0.717) is 11.1 Å². The van der Waals surface area contributed by atoms with Crippen LogP contribution in [0.2, 0.25) is 0 Å². The summed E-state index contributed by atoms with van der Waals surface area (Å²) >= 11 is 0. The van der Waals surface area contributed by atoms with Gasteiger partial charge >= 0.3 is 0 Å². The number of hydrogen-bond donors (Lipinski definition) is 1. The molecule has 27 heavy (non-hydrogen) atoms. The van der Waals surface area contributed by atoms with Crippen molar-refractivity contribution in [2.24, 2.45) is 0 Å². The van der Waals surface area contributed by atoms with E-state index in [0.717, 1.165) is 30.0 Å². The number of hydrogen-bond acceptors (Lipinski definition) is 4. The van der Waals surface area contributed by atoms with Crippen molar-refractivity contribution in [2.45, 2.75) is 49.8 Å². The molecule has 2 rings (SSSR count). The van der Waals surface area contributed by atoms with Gasteiger partial charge in [0.15, 0.2) is 9.84 Å². The number of rotatable bonds is 4. The largest absolute Gasteiger partial charge is 0.277 e. The molecule has 2 aromatic rings. The summed E-state index contributed by atoms with van der Waals surface area (Å²) in [6.45, 7) is 9.44. The van der Waals surface area contributed by atoms with Gasteiger partial charge in [0.05, 0.1) is 15.5 Å². The highest BCUT2D eigenvalue weighted by atomic mass is 32.2. The van der Waals surface area contributed by atoms with Gasteiger partial charge in [0.2, 0.25) is 0 Å². The van der Waals surface area contributed by atoms with Crippen molar-refractivity contribution in [1.29, 1.82) is 0 Å². The summed E-state index contributed by atoms with van der Waals surface area (Å²) in [5.74, 6) is -0.854. The second-order valence-corrected chi connectivity index (χ2v) is 11.3. The minimum Gasteiger partial charge on any atom is -0.277 e. The van der Waals surface area contributed by atoms with Crippen LogP contribution in [0.3, 0.4) is 0 Å². The van der Waals surface area contributed by atoms with Gasteiger partial charge in [-0.3, -0.25) is 4.72 Å². The summed E-state index contributed by atoms with van der Waals surface area (Å²) < 4.78 is 65.4. The molecule has 0 saturated carbocycles. The Morgan fingerprint density at radius 1 is 0.926 bits per heavy atom. The third-order valence-corrected chi connectivity index (χ3v) is 6.99. The number of anilines is 1. The van der Waals surface area contributed by atoms with E-state index in [1.165, 1.54) is 0 Å². The quantitative estimate of drug-likeness (QED) is 0.770. The molecule has 148 valence electrons. The highest BCUT2D eigenvalue weighted by Gasteiger charge is 2.24. The summed E-state index contributed by atoms with van der Waals surface area (Å²) in [4.78, 5) is -0.113. The summed E-state index contributed by atoms with van der Waals surface area (Å²) in [5, 5.41) is 0. The summed E-state index contributed by atoms with van der Waals surface area (Å²) in [6.07, 6.45) is 0.970. The maximum atomic E-state index is 14.1. The van der Waals surface area contributed by atoms with E-state index >= 15 is 0 Å². The second-order valence-electron chi connectivity index (χ2n) is 7.71. The van der Waals surface area contributed by atoms with Gasteiger partial charge in [-0.15, -0.1) is 0 Å². The van der Waals surface area contributed by atoms with Crippen LogP contribution >= 0.6 is 0 Å². The van der Waals surface area contributed by atoms with E-state index < -0.39 is 31.4 Å². The van der Waals surface area contributed by atoms with E-state index in [-0.39, 0.29) is 15.2 Å². The Morgan fingerprint density at radius 2 is 1.44 bits per heavy atom. The fourth-order valence-corrected chi connectivity index (χ4v) is 4.98. The SMILES string of the molecule is Cc1cc(C(C)(C)C)cc(C)c1S(=O)(=O)Nc1cc(S(C)(=O)=O)ccc1F. The summed E-state index contributed by atoms with van der Waals surface area (Å²) in [5.41, 5.74) is 1.50. The van der Waals surface area contributed by atoms with E-state index in [9.17, 15) is 21.2 Å². The van der Waals surface area contributed by atoms with E-state index in [4.69, 9.17) is 0 Å². The highest BCUT2D eigenvalue weighted by molar-refractivity contribution is 7.93. The molecule has 1 N–H and O–H groups in total. The Bertz CT molecular complexity index is 1080. The number of nitrogens with one attached hydrogen (secondary N) is 1. The Morgan fingerprint density at radius 3 is 1.89 bits per heavy atom. The lowest BCUT2D eigenvalue weighted by atomic mass is 9.85. The normalized spacial score (nSPS) is 12.9. The van der Waals surface area contributed by atoms with E-state index in [1.807, 2.05) is 20.8 Å². The fourth-order valence-electron chi connectivity index (χ4n) is 2.82. The first-order valence-electron chi connectivity index (χ1n) is 8.27. The predicted octanol–water partition coefficient (Wildman–Crippen LogP) is 3.94. The van der Waals surface area contributed by atoms with Crippen LogP contribution in [-0.4, -0.2) is 23.1 Å². The molecule has 0 aliphatic heterocycles. The van der Waals surface area contributed by atoms with Crippen LogP contribution in [0.4, 0.5) is 10.1 Å². The summed E-state index contributed by atoms with van der Waals surface area (Å²) in [6, 6.07) is 6.60. The standard InChI is InChI=1S/C19H24FNO4S2/c1-12-9-14(19(3,4)5)10-13(2)18(12)27(24,25)21-17-11-15(26(6,22)23)7-8-16(17)20/h7-11,21H,1-6H3. The average molecular weight is 414 g/mol. The molecule has 0 aliphatic carbocycles. The Kier molecular flexibility index (Phi) is 5.47. The molecule has 0 unspecified atom stereocenters. The first-order valence-corrected chi connectivity index (χ1v) is 11.6. The molecule has 0 fully saturated rings. The van der Waals surface area contributed by atoms with Gasteiger partial charge in [0, 0.05) is 6.26 Å². The van der Waals surface area contributed by atoms with Crippen LogP contribution in [0.1, 0.15) is 37.5 Å². The van der Waals surface area contributed by atoms with Crippen molar-refractivity contribution in [2.75, 3.05) is 11.0 Å². The van der Waals surface area contributed by atoms with Gasteiger partial charge in [0.1, 0.15) is 5.82 Å². The Hall–Kier alpha value is -1.93. The van der Waals surface area contributed by atoms with Gasteiger partial charge in [-0.1, -0.05) is 32.9 Å². The van der Waals surface area contributed by atoms with Crippen molar-refractivity contribution >= 4 is 25.5 Å². The van der Waals surface area contributed by atoms with Crippen LogP contribution < -0.4 is 4.72 Å². The molecule has 2 aromatic carbocycles. The lowest BCUT2D eigenvalue weighted by Crippen LogP contribution is -2.19. The molecule has 0 spiro atoms. The fraction of sp³-hybridized carbons (Fsp3) is 0.368. The molecule has 0 atom stereocenters. The zero-order valence-corrected chi connectivity index (χ0v) is 17.8. The van der Waals surface area contributed by atoms with Crippen LogP contribution in [0.25, 0.3) is 0 Å². The van der Waals surface area contributed by atoms with Gasteiger partial charge in [-0.05, 0) is 54.2 Å². The number of halogens is 1. The highest BCUT2D eigenvalue weighted by Crippen LogP contribution is 2.31. The van der Waals surface area contributed by atoms with Crippen molar-refractivity contribution in [3.63, 3.8) is 0 Å². The third-order valence-electron chi connectivity index (χ3n) is 4.21. The molecule has 0 radical (unpaired) electrons. The molecule has 0 saturated heterocycles. The van der Waals surface area contributed by atoms with Gasteiger partial charge in [-0.2, -0.15) is 0 Å². The van der Waals surface area contributed by atoms with Crippen molar-refractivity contribution in [1.82, 2.24) is 0 Å². The lowest BCUT2D eigenvalue weighted by Gasteiger charge is -2.22. The second kappa shape index (κ2) is 6.91. The molecule has 0 amide bonds. The van der Waals surface area contributed by atoms with E-state index in [1.54, 1.807) is 26.0 Å². The third kappa shape index (κ3) is 4.68. The molecule has 8 heteroatoms. The average Bonchev–Trinajstić information content (AvgIpc) is 2.46. The monoisotopic (exact) mass is 413 g/mol. The van der Waals surface area contributed by atoms with Crippen molar-refractivity contribution in [3.8, 4) is 0 Å². The predicted molar refractivity (Wildman–Crippen MR) is 105 cm³/mol. The molecule has 0 bridgehead atoms. The van der Waals surface area contributed by atoms with Crippen LogP contribution in [0.15, 0.2) is 40.1 Å². The molecule has 0 heterocycles. The number of benzene rings is 2. The number of sulfonamides is 1. The molecular formula is C19H24FNO4S2. The number of aryl methyl sites for hydroxylation is 2. The summed E-state index contributed by atoms with van der Waals surface area (Å²) in [7, 11) is -7.71. The Balaban J connectivity index is 2.56. The van der Waals surface area contributed by atoms with E-state index in [2.05, 4.69) is 4.72 Å². The first kappa shape index (κ1) is 21.4. The van der Waals surface area contributed by atoms with Crippen molar-refractivity contribution < 1.29 is 21.2 Å². The van der Waals surface area contributed by atoms with Gasteiger partial charge in [0.25, 0.3) is 10.0 Å². The zero-order chi connectivity index (χ0) is 20.8. The maximum absolute atomic E-state index is 14.1. The van der Waals surface area contributed by atoms with Crippen LogP contribution in [0, 0.1) is 19.7 Å². The molecular weight excluding hydrogens is 389 g/mol. The smallest absolute Gasteiger partial charge is 0.262 e.